The van der Waals surface area contributed by atoms with Crippen molar-refractivity contribution in [2.45, 2.75) is 57.1 Å². The normalized spacial score (nSPS) is 32.5. The Balaban J connectivity index is 1.50. The van der Waals surface area contributed by atoms with Gasteiger partial charge in [0.2, 0.25) is 5.91 Å². The number of amides is 1. The molecule has 2 heterocycles. The lowest BCUT2D eigenvalue weighted by molar-refractivity contribution is -0.139. The third-order valence-corrected chi connectivity index (χ3v) is 6.72. The molecule has 0 aromatic heterocycles. The first-order chi connectivity index (χ1) is 12.5. The second-order valence-electron chi connectivity index (χ2n) is 8.11. The maximum Gasteiger partial charge on any atom is 0.230 e. The van der Waals surface area contributed by atoms with Crippen molar-refractivity contribution in [3.63, 3.8) is 0 Å². The molecule has 1 atom stereocenters. The molecule has 1 aliphatic carbocycles. The van der Waals surface area contributed by atoms with E-state index in [0.29, 0.717) is 17.3 Å². The van der Waals surface area contributed by atoms with E-state index in [1.165, 1.54) is 6.07 Å². The molecule has 1 N–H and O–H groups in total. The van der Waals surface area contributed by atoms with Gasteiger partial charge in [0.15, 0.2) is 0 Å². The van der Waals surface area contributed by atoms with Gasteiger partial charge in [-0.1, -0.05) is 11.6 Å². The van der Waals surface area contributed by atoms with Crippen LogP contribution in [0, 0.1) is 11.2 Å². The van der Waals surface area contributed by atoms with Gasteiger partial charge >= 0.3 is 0 Å². The van der Waals surface area contributed by atoms with E-state index in [-0.39, 0.29) is 29.3 Å². The van der Waals surface area contributed by atoms with Crippen LogP contribution in [0.1, 0.15) is 44.9 Å². The lowest BCUT2D eigenvalue weighted by Crippen LogP contribution is -2.50. The molecule has 26 heavy (non-hydrogen) atoms. The number of piperidine rings is 1. The number of carbonyl (C=O) groups excluding carboxylic acids is 1. The molecule has 2 saturated heterocycles. The first kappa shape index (κ1) is 18.1. The Hall–Kier alpha value is -1.33. The smallest absolute Gasteiger partial charge is 0.230 e. The van der Waals surface area contributed by atoms with E-state index in [1.54, 1.807) is 12.1 Å². The van der Waals surface area contributed by atoms with Crippen LogP contribution in [-0.4, -0.2) is 47.7 Å². The Bertz CT molecular complexity index is 692. The summed E-state index contributed by atoms with van der Waals surface area (Å²) in [6, 6.07) is 5.02. The van der Waals surface area contributed by atoms with E-state index < -0.39 is 0 Å². The average molecular weight is 381 g/mol. The lowest BCUT2D eigenvalue weighted by Gasteiger charge is -2.41. The van der Waals surface area contributed by atoms with Crippen molar-refractivity contribution in [3.05, 3.63) is 29.0 Å². The minimum absolute atomic E-state index is 0.212. The van der Waals surface area contributed by atoms with Gasteiger partial charge < -0.3 is 14.9 Å². The molecule has 1 amide bonds. The van der Waals surface area contributed by atoms with Crippen molar-refractivity contribution in [1.82, 2.24) is 4.90 Å². The summed E-state index contributed by atoms with van der Waals surface area (Å²) in [5.41, 5.74) is 0.154. The summed E-state index contributed by atoms with van der Waals surface area (Å²) < 4.78 is 14.4. The zero-order valence-electron chi connectivity index (χ0n) is 15.0. The highest BCUT2D eigenvalue weighted by Crippen LogP contribution is 2.43. The third-order valence-electron chi connectivity index (χ3n) is 6.48. The number of anilines is 1. The van der Waals surface area contributed by atoms with E-state index in [9.17, 15) is 14.3 Å². The monoisotopic (exact) mass is 380 g/mol. The SMILES string of the molecule is O=C1N(C2CCC(O)CC2)CCC12CCCN(c1ccc(Cl)cc1F)C2. The number of likely N-dealkylation sites (tertiary alicyclic amines) is 1. The van der Waals surface area contributed by atoms with Gasteiger partial charge in [0.25, 0.3) is 0 Å². The molecular weight excluding hydrogens is 355 g/mol. The number of carbonyl (C=O) groups is 1. The van der Waals surface area contributed by atoms with Crippen LogP contribution >= 0.6 is 11.6 Å². The van der Waals surface area contributed by atoms with Crippen LogP contribution < -0.4 is 4.90 Å². The fourth-order valence-corrected chi connectivity index (χ4v) is 5.18. The highest BCUT2D eigenvalue weighted by molar-refractivity contribution is 6.30. The van der Waals surface area contributed by atoms with Crippen molar-refractivity contribution in [1.29, 1.82) is 0 Å². The minimum atomic E-state index is -0.389. The van der Waals surface area contributed by atoms with Gasteiger partial charge in [-0.2, -0.15) is 0 Å². The average Bonchev–Trinajstić information content (AvgIpc) is 2.92. The number of halogens is 2. The summed E-state index contributed by atoms with van der Waals surface area (Å²) in [4.78, 5) is 17.4. The van der Waals surface area contributed by atoms with Crippen LogP contribution in [0.25, 0.3) is 0 Å². The quantitative estimate of drug-likeness (QED) is 0.852. The van der Waals surface area contributed by atoms with E-state index >= 15 is 0 Å². The highest BCUT2D eigenvalue weighted by atomic mass is 35.5. The standard InChI is InChI=1S/C20H26ClFN2O2/c21-14-2-7-18(17(22)12-14)23-10-1-8-20(13-23)9-11-24(19(20)26)15-3-5-16(25)6-4-15/h2,7,12,15-16,25H,1,3-6,8-11,13H2. The Morgan fingerprint density at radius 3 is 2.65 bits per heavy atom. The summed E-state index contributed by atoms with van der Waals surface area (Å²) in [5.74, 6) is -0.0870. The predicted molar refractivity (Wildman–Crippen MR) is 99.9 cm³/mol. The molecule has 4 rings (SSSR count). The van der Waals surface area contributed by atoms with Gasteiger partial charge in [0, 0.05) is 30.7 Å². The van der Waals surface area contributed by atoms with E-state index in [2.05, 4.69) is 0 Å². The Morgan fingerprint density at radius 1 is 1.15 bits per heavy atom. The fraction of sp³-hybridized carbons (Fsp3) is 0.650. The van der Waals surface area contributed by atoms with Crippen LogP contribution in [0.4, 0.5) is 10.1 Å². The summed E-state index contributed by atoms with van der Waals surface area (Å²) in [5, 5.41) is 10.1. The molecule has 1 saturated carbocycles. The number of aliphatic hydroxyl groups excluding tert-OH is 1. The summed E-state index contributed by atoms with van der Waals surface area (Å²) in [6.45, 7) is 2.13. The second kappa shape index (κ2) is 7.01. The van der Waals surface area contributed by atoms with Gasteiger partial charge in [-0.05, 0) is 63.1 Å². The molecule has 3 fully saturated rings. The largest absolute Gasteiger partial charge is 0.393 e. The molecule has 4 nitrogen and oxygen atoms in total. The molecule has 0 radical (unpaired) electrons. The van der Waals surface area contributed by atoms with Crippen LogP contribution in [0.15, 0.2) is 18.2 Å². The Morgan fingerprint density at radius 2 is 1.92 bits per heavy atom. The summed E-state index contributed by atoms with van der Waals surface area (Å²) in [7, 11) is 0. The summed E-state index contributed by atoms with van der Waals surface area (Å²) in [6.07, 6.45) is 5.74. The van der Waals surface area contributed by atoms with Gasteiger partial charge in [-0.3, -0.25) is 4.79 Å². The van der Waals surface area contributed by atoms with Gasteiger partial charge in [0.1, 0.15) is 5.82 Å². The molecule has 3 aliphatic rings. The zero-order chi connectivity index (χ0) is 18.3. The van der Waals surface area contributed by atoms with Crippen molar-refractivity contribution in [2.24, 2.45) is 5.41 Å². The van der Waals surface area contributed by atoms with Crippen LogP contribution in [-0.2, 0) is 4.79 Å². The van der Waals surface area contributed by atoms with Crippen molar-refractivity contribution >= 4 is 23.2 Å². The van der Waals surface area contributed by atoms with Gasteiger partial charge in [-0.15, -0.1) is 0 Å². The fourth-order valence-electron chi connectivity index (χ4n) is 5.02. The third kappa shape index (κ3) is 3.20. The molecule has 1 unspecified atom stereocenters. The summed E-state index contributed by atoms with van der Waals surface area (Å²) >= 11 is 5.88. The van der Waals surface area contributed by atoms with Gasteiger partial charge in [0.05, 0.1) is 17.2 Å². The Labute approximate surface area is 158 Å². The zero-order valence-corrected chi connectivity index (χ0v) is 15.7. The molecule has 1 aromatic carbocycles. The lowest BCUT2D eigenvalue weighted by atomic mass is 9.78. The molecule has 1 spiro atoms. The molecule has 1 aromatic rings. The molecule has 0 bridgehead atoms. The minimum Gasteiger partial charge on any atom is -0.393 e. The first-order valence-corrected chi connectivity index (χ1v) is 10.1. The number of nitrogens with zero attached hydrogens (tertiary/aromatic N) is 2. The van der Waals surface area contributed by atoms with Gasteiger partial charge in [-0.25, -0.2) is 4.39 Å². The molecule has 2 aliphatic heterocycles. The molecule has 142 valence electrons. The maximum atomic E-state index is 14.4. The number of benzene rings is 1. The predicted octanol–water partition coefficient (Wildman–Crippen LogP) is 3.60. The number of rotatable bonds is 2. The van der Waals surface area contributed by atoms with Crippen LogP contribution in [0.3, 0.4) is 0 Å². The van der Waals surface area contributed by atoms with Crippen LogP contribution in [0.5, 0.6) is 0 Å². The van der Waals surface area contributed by atoms with E-state index in [4.69, 9.17) is 11.6 Å². The number of hydrogen-bond acceptors (Lipinski definition) is 3. The van der Waals surface area contributed by atoms with Crippen molar-refractivity contribution < 1.29 is 14.3 Å². The molecule has 6 heteroatoms. The number of aliphatic hydroxyl groups is 1. The first-order valence-electron chi connectivity index (χ1n) is 9.68. The van der Waals surface area contributed by atoms with E-state index in [0.717, 1.165) is 58.0 Å². The molecular formula is C20H26ClFN2O2. The topological polar surface area (TPSA) is 43.8 Å². The van der Waals surface area contributed by atoms with E-state index in [1.807, 2.05) is 9.80 Å². The van der Waals surface area contributed by atoms with Crippen molar-refractivity contribution in [3.8, 4) is 0 Å². The Kier molecular flexibility index (Phi) is 4.86. The maximum absolute atomic E-state index is 14.4. The number of hydrogen-bond donors (Lipinski definition) is 1. The highest BCUT2D eigenvalue weighted by Gasteiger charge is 2.50. The van der Waals surface area contributed by atoms with Crippen LogP contribution in [0.2, 0.25) is 5.02 Å². The van der Waals surface area contributed by atoms with Crippen molar-refractivity contribution in [2.75, 3.05) is 24.5 Å². The second-order valence-corrected chi connectivity index (χ2v) is 8.55.